The maximum atomic E-state index is 13.6. The van der Waals surface area contributed by atoms with Crippen molar-refractivity contribution in [1.82, 2.24) is 15.5 Å². The number of amides is 4. The van der Waals surface area contributed by atoms with Gasteiger partial charge >= 0.3 is 6.09 Å². The minimum Gasteiger partial charge on any atom is -0.445 e. The highest BCUT2D eigenvalue weighted by atomic mass is 16.6. The molecule has 45 heavy (non-hydrogen) atoms. The van der Waals surface area contributed by atoms with E-state index in [1.165, 1.54) is 29.2 Å². The normalized spacial score (nSPS) is 15.4. The van der Waals surface area contributed by atoms with Crippen LogP contribution in [0.1, 0.15) is 45.1 Å². The number of non-ortho nitro benzene ring substituents is 1. The molecule has 2 aromatic carbocycles. The van der Waals surface area contributed by atoms with Crippen molar-refractivity contribution in [3.8, 4) is 0 Å². The molecule has 4 amide bonds. The van der Waals surface area contributed by atoms with Gasteiger partial charge in [-0.15, -0.1) is 0 Å². The first-order valence-electron chi connectivity index (χ1n) is 14.6. The molecule has 0 saturated carbocycles. The van der Waals surface area contributed by atoms with E-state index in [0.717, 1.165) is 5.56 Å². The van der Waals surface area contributed by atoms with Crippen LogP contribution in [-0.2, 0) is 25.7 Å². The van der Waals surface area contributed by atoms with E-state index in [2.05, 4.69) is 20.9 Å². The topological polar surface area (TPSA) is 224 Å². The van der Waals surface area contributed by atoms with Crippen molar-refractivity contribution in [3.05, 3.63) is 70.3 Å². The lowest BCUT2D eigenvalue weighted by Crippen LogP contribution is -2.57. The molecule has 0 aromatic heterocycles. The number of benzene rings is 2. The van der Waals surface area contributed by atoms with Gasteiger partial charge in [0.2, 0.25) is 17.7 Å². The number of rotatable bonds is 14. The maximum absolute atomic E-state index is 13.6. The van der Waals surface area contributed by atoms with Gasteiger partial charge in [0.25, 0.3) is 5.69 Å². The van der Waals surface area contributed by atoms with Gasteiger partial charge in [0.15, 0.2) is 5.96 Å². The van der Waals surface area contributed by atoms with Gasteiger partial charge in [-0.2, -0.15) is 0 Å². The summed E-state index contributed by atoms with van der Waals surface area (Å²) in [6.45, 7) is 4.11. The molecule has 242 valence electrons. The first-order chi connectivity index (χ1) is 21.5. The Morgan fingerprint density at radius 1 is 1.07 bits per heavy atom. The van der Waals surface area contributed by atoms with Gasteiger partial charge < -0.3 is 37.1 Å². The molecule has 1 fully saturated rings. The second kappa shape index (κ2) is 16.6. The van der Waals surface area contributed by atoms with Crippen molar-refractivity contribution in [1.29, 1.82) is 0 Å². The van der Waals surface area contributed by atoms with Gasteiger partial charge in [-0.05, 0) is 49.3 Å². The standard InChI is InChI=1S/C30H40N8O7/c1-19(2)25(36-30(42)45-18-20-8-4-3-5-9-20)28(41)37-17-7-11-24(37)27(40)35-23(10-6-16-33-29(31)32)26(39)34-21-12-14-22(15-13-21)38(43)44/h3-5,8-9,12-15,19,23-25H,6-7,10-11,16-18H2,1-2H3,(H,34,39)(H,35,40)(H,36,42)(H4,31,32,33). The molecule has 1 aliphatic rings. The summed E-state index contributed by atoms with van der Waals surface area (Å²) in [5.41, 5.74) is 11.7. The number of nitrogens with two attached hydrogens (primary N) is 2. The smallest absolute Gasteiger partial charge is 0.408 e. The average Bonchev–Trinajstić information content (AvgIpc) is 3.51. The molecule has 15 heteroatoms. The van der Waals surface area contributed by atoms with Gasteiger partial charge in [-0.1, -0.05) is 44.2 Å². The lowest BCUT2D eigenvalue weighted by molar-refractivity contribution is -0.384. The van der Waals surface area contributed by atoms with E-state index < -0.39 is 46.9 Å². The van der Waals surface area contributed by atoms with Gasteiger partial charge in [0.05, 0.1) is 4.92 Å². The second-order valence-electron chi connectivity index (χ2n) is 10.9. The van der Waals surface area contributed by atoms with Gasteiger partial charge in [0.1, 0.15) is 24.7 Å². The summed E-state index contributed by atoms with van der Waals surface area (Å²) in [5.74, 6) is -1.93. The highest BCUT2D eigenvalue weighted by Gasteiger charge is 2.39. The maximum Gasteiger partial charge on any atom is 0.408 e. The number of hydrogen-bond acceptors (Lipinski definition) is 8. The molecule has 2 aromatic rings. The Balaban J connectivity index is 1.68. The summed E-state index contributed by atoms with van der Waals surface area (Å²) >= 11 is 0. The van der Waals surface area contributed by atoms with Crippen molar-refractivity contribution < 1.29 is 28.8 Å². The fourth-order valence-corrected chi connectivity index (χ4v) is 4.82. The summed E-state index contributed by atoms with van der Waals surface area (Å²) in [6.07, 6.45) is 0.692. The van der Waals surface area contributed by atoms with Crippen LogP contribution in [0.4, 0.5) is 16.2 Å². The van der Waals surface area contributed by atoms with Crippen LogP contribution in [0.3, 0.4) is 0 Å². The number of nitro groups is 1. The quantitative estimate of drug-likeness (QED) is 0.0680. The summed E-state index contributed by atoms with van der Waals surface area (Å²) in [7, 11) is 0. The van der Waals surface area contributed by atoms with Crippen molar-refractivity contribution in [2.75, 3.05) is 18.4 Å². The van der Waals surface area contributed by atoms with Crippen LogP contribution in [-0.4, -0.2) is 70.8 Å². The lowest BCUT2D eigenvalue weighted by atomic mass is 10.0. The molecule has 0 spiro atoms. The number of hydrogen-bond donors (Lipinski definition) is 5. The predicted octanol–water partition coefficient (Wildman–Crippen LogP) is 2.01. The molecule has 15 nitrogen and oxygen atoms in total. The van der Waals surface area contributed by atoms with E-state index in [9.17, 15) is 29.3 Å². The number of nitro benzene ring substituents is 1. The van der Waals surface area contributed by atoms with Crippen LogP contribution in [0.15, 0.2) is 59.6 Å². The highest BCUT2D eigenvalue weighted by Crippen LogP contribution is 2.22. The van der Waals surface area contributed by atoms with E-state index >= 15 is 0 Å². The Morgan fingerprint density at radius 3 is 2.38 bits per heavy atom. The van der Waals surface area contributed by atoms with Gasteiger partial charge in [0, 0.05) is 30.9 Å². The third kappa shape index (κ3) is 10.5. The van der Waals surface area contributed by atoms with E-state index in [1.54, 1.807) is 13.8 Å². The van der Waals surface area contributed by atoms with Crippen LogP contribution in [0, 0.1) is 16.0 Å². The molecule has 3 rings (SSSR count). The Kier molecular flexibility index (Phi) is 12.6. The lowest BCUT2D eigenvalue weighted by Gasteiger charge is -2.31. The number of anilines is 1. The zero-order valence-corrected chi connectivity index (χ0v) is 25.3. The molecule has 7 N–H and O–H groups in total. The Hall–Kier alpha value is -5.21. The summed E-state index contributed by atoms with van der Waals surface area (Å²) in [6, 6.07) is 11.6. The van der Waals surface area contributed by atoms with Gasteiger partial charge in [-0.25, -0.2) is 4.79 Å². The third-order valence-corrected chi connectivity index (χ3v) is 7.18. The number of nitrogens with one attached hydrogen (secondary N) is 3. The molecular formula is C30H40N8O7. The van der Waals surface area contributed by atoms with Crippen molar-refractivity contribution in [2.45, 2.75) is 64.3 Å². The molecular weight excluding hydrogens is 584 g/mol. The minimum atomic E-state index is -1.02. The average molecular weight is 625 g/mol. The van der Waals surface area contributed by atoms with Crippen LogP contribution in [0.5, 0.6) is 0 Å². The Bertz CT molecular complexity index is 1360. The van der Waals surface area contributed by atoms with Crippen LogP contribution in [0.2, 0.25) is 0 Å². The zero-order valence-electron chi connectivity index (χ0n) is 25.3. The number of ether oxygens (including phenoxy) is 1. The molecule has 0 bridgehead atoms. The highest BCUT2D eigenvalue weighted by molar-refractivity contribution is 5.99. The van der Waals surface area contributed by atoms with Crippen molar-refractivity contribution in [3.63, 3.8) is 0 Å². The number of aliphatic imine (C=N–C) groups is 1. The third-order valence-electron chi connectivity index (χ3n) is 7.18. The SMILES string of the molecule is CC(C)C(NC(=O)OCc1ccccc1)C(=O)N1CCCC1C(=O)NC(CCCN=C(N)N)C(=O)Nc1ccc([N+](=O)[O-])cc1. The predicted molar refractivity (Wildman–Crippen MR) is 167 cm³/mol. The molecule has 1 aliphatic heterocycles. The number of nitrogens with zero attached hydrogens (tertiary/aromatic N) is 3. The number of likely N-dealkylation sites (tertiary alicyclic amines) is 1. The van der Waals surface area contributed by atoms with Crippen LogP contribution < -0.4 is 27.4 Å². The summed E-state index contributed by atoms with van der Waals surface area (Å²) < 4.78 is 5.30. The fourth-order valence-electron chi connectivity index (χ4n) is 4.82. The first kappa shape index (κ1) is 34.3. The molecule has 1 saturated heterocycles. The molecule has 1 heterocycles. The monoisotopic (exact) mass is 624 g/mol. The fraction of sp³-hybridized carbons (Fsp3) is 0.433. The van der Waals surface area contributed by atoms with E-state index in [-0.39, 0.29) is 37.1 Å². The van der Waals surface area contributed by atoms with E-state index in [4.69, 9.17) is 16.2 Å². The number of carbonyl (C=O) groups is 4. The summed E-state index contributed by atoms with van der Waals surface area (Å²) in [4.78, 5) is 68.7. The number of carbonyl (C=O) groups excluding carboxylic acids is 4. The Morgan fingerprint density at radius 2 is 1.76 bits per heavy atom. The second-order valence-corrected chi connectivity index (χ2v) is 10.9. The number of alkyl carbamates (subject to hydrolysis) is 1. The zero-order chi connectivity index (χ0) is 32.9. The van der Waals surface area contributed by atoms with Crippen LogP contribution in [0.25, 0.3) is 0 Å². The summed E-state index contributed by atoms with van der Waals surface area (Å²) in [5, 5.41) is 19.0. The molecule has 3 atom stereocenters. The van der Waals surface area contributed by atoms with Crippen molar-refractivity contribution in [2.24, 2.45) is 22.4 Å². The minimum absolute atomic E-state index is 0.0347. The Labute approximate surface area is 260 Å². The molecule has 0 radical (unpaired) electrons. The van der Waals surface area contributed by atoms with E-state index in [1.807, 2.05) is 30.3 Å². The first-order valence-corrected chi connectivity index (χ1v) is 14.6. The largest absolute Gasteiger partial charge is 0.445 e. The van der Waals surface area contributed by atoms with Crippen molar-refractivity contribution >= 4 is 41.1 Å². The molecule has 0 aliphatic carbocycles. The molecule has 3 unspecified atom stereocenters. The van der Waals surface area contributed by atoms with Crippen LogP contribution >= 0.6 is 0 Å². The van der Waals surface area contributed by atoms with E-state index in [0.29, 0.717) is 31.5 Å². The number of guanidine groups is 1. The van der Waals surface area contributed by atoms with Gasteiger partial charge in [-0.3, -0.25) is 29.5 Å².